The first-order valence-corrected chi connectivity index (χ1v) is 7.78. The van der Waals surface area contributed by atoms with Gasteiger partial charge in [-0.05, 0) is 17.7 Å². The summed E-state index contributed by atoms with van der Waals surface area (Å²) < 4.78 is 1.77. The first kappa shape index (κ1) is 16.0. The Morgan fingerprint density at radius 2 is 1.83 bits per heavy atom. The molecule has 0 atom stereocenters. The molecule has 0 saturated heterocycles. The van der Waals surface area contributed by atoms with Crippen molar-refractivity contribution in [2.45, 2.75) is 6.54 Å². The van der Waals surface area contributed by atoms with E-state index in [1.165, 1.54) is 0 Å². The Morgan fingerprint density at radius 3 is 2.54 bits per heavy atom. The summed E-state index contributed by atoms with van der Waals surface area (Å²) in [5.41, 5.74) is 3.37. The number of aromatic nitrogens is 2. The van der Waals surface area contributed by atoms with Gasteiger partial charge in [0.05, 0.1) is 12.2 Å². The molecule has 0 saturated carbocycles. The second-order valence-corrected chi connectivity index (χ2v) is 5.67. The zero-order chi connectivity index (χ0) is 16.9. The number of rotatable bonds is 5. The summed E-state index contributed by atoms with van der Waals surface area (Å²) in [6.07, 6.45) is 4.50. The van der Waals surface area contributed by atoms with Crippen molar-refractivity contribution in [3.8, 4) is 11.3 Å². The van der Waals surface area contributed by atoms with E-state index in [4.69, 9.17) is 16.7 Å². The summed E-state index contributed by atoms with van der Waals surface area (Å²) in [4.78, 5) is 10.8. The molecule has 0 spiro atoms. The standard InChI is InChI=1S/C19H15ClN2O2/c20-17-9-5-4-8-15(17)12-22-13-16(10-11-18(23)24)19(21-22)14-6-2-1-3-7-14/h1-11,13H,12H2,(H,23,24)/b11-10+. The van der Waals surface area contributed by atoms with Crippen molar-refractivity contribution < 1.29 is 9.90 Å². The van der Waals surface area contributed by atoms with Crippen LogP contribution >= 0.6 is 11.6 Å². The Labute approximate surface area is 144 Å². The first-order chi connectivity index (χ1) is 11.6. The minimum absolute atomic E-state index is 0.514. The lowest BCUT2D eigenvalue weighted by molar-refractivity contribution is -0.131. The second kappa shape index (κ2) is 7.15. The number of carbonyl (C=O) groups is 1. The monoisotopic (exact) mass is 338 g/mol. The van der Waals surface area contributed by atoms with E-state index in [2.05, 4.69) is 5.10 Å². The van der Waals surface area contributed by atoms with E-state index in [1.807, 2.05) is 60.8 Å². The van der Waals surface area contributed by atoms with E-state index in [-0.39, 0.29) is 0 Å². The number of hydrogen-bond donors (Lipinski definition) is 1. The van der Waals surface area contributed by atoms with Crippen molar-refractivity contribution in [1.82, 2.24) is 9.78 Å². The maximum Gasteiger partial charge on any atom is 0.328 e. The van der Waals surface area contributed by atoms with Gasteiger partial charge in [0, 0.05) is 28.4 Å². The van der Waals surface area contributed by atoms with Crippen molar-refractivity contribution in [2.75, 3.05) is 0 Å². The van der Waals surface area contributed by atoms with Crippen molar-refractivity contribution in [3.05, 3.63) is 83.0 Å². The molecule has 0 bridgehead atoms. The highest BCUT2D eigenvalue weighted by molar-refractivity contribution is 6.31. The van der Waals surface area contributed by atoms with Crippen LogP contribution in [0.4, 0.5) is 0 Å². The first-order valence-electron chi connectivity index (χ1n) is 7.41. The summed E-state index contributed by atoms with van der Waals surface area (Å²) in [5, 5.41) is 14.2. The van der Waals surface area contributed by atoms with Crippen LogP contribution in [0.15, 0.2) is 66.9 Å². The highest BCUT2D eigenvalue weighted by Gasteiger charge is 2.10. The fraction of sp³-hybridized carbons (Fsp3) is 0.0526. The number of carboxylic acids is 1. The molecule has 2 aromatic carbocycles. The SMILES string of the molecule is O=C(O)/C=C/c1cn(Cc2ccccc2Cl)nc1-c1ccccc1. The molecule has 0 unspecified atom stereocenters. The molecule has 1 heterocycles. The Bertz CT molecular complexity index is 885. The van der Waals surface area contributed by atoms with E-state index in [1.54, 1.807) is 10.8 Å². The van der Waals surface area contributed by atoms with Crippen LogP contribution in [0.5, 0.6) is 0 Å². The van der Waals surface area contributed by atoms with Gasteiger partial charge in [-0.1, -0.05) is 60.1 Å². The van der Waals surface area contributed by atoms with Gasteiger partial charge in [0.25, 0.3) is 0 Å². The summed E-state index contributed by atoms with van der Waals surface area (Å²) in [7, 11) is 0. The highest BCUT2D eigenvalue weighted by Crippen LogP contribution is 2.24. The number of carboxylic acid groups (broad SMARTS) is 1. The summed E-state index contributed by atoms with van der Waals surface area (Å²) in [6.45, 7) is 0.514. The molecular formula is C19H15ClN2O2. The molecule has 0 fully saturated rings. The molecule has 0 amide bonds. The van der Waals surface area contributed by atoms with E-state index >= 15 is 0 Å². The lowest BCUT2D eigenvalue weighted by Crippen LogP contribution is -2.00. The van der Waals surface area contributed by atoms with Crippen LogP contribution < -0.4 is 0 Å². The largest absolute Gasteiger partial charge is 0.478 e. The van der Waals surface area contributed by atoms with E-state index in [0.717, 1.165) is 28.5 Å². The summed E-state index contributed by atoms with van der Waals surface area (Å²) in [6, 6.07) is 17.2. The average Bonchev–Trinajstić information content (AvgIpc) is 2.99. The minimum atomic E-state index is -0.993. The molecular weight excluding hydrogens is 324 g/mol. The fourth-order valence-corrected chi connectivity index (χ4v) is 2.62. The van der Waals surface area contributed by atoms with E-state index in [9.17, 15) is 4.79 Å². The predicted octanol–water partition coefficient (Wildman–Crippen LogP) is 4.35. The van der Waals surface area contributed by atoms with Crippen LogP contribution in [0, 0.1) is 0 Å². The zero-order valence-corrected chi connectivity index (χ0v) is 13.5. The number of aliphatic carboxylic acids is 1. The summed E-state index contributed by atoms with van der Waals surface area (Å²) in [5.74, 6) is -0.993. The average molecular weight is 339 g/mol. The molecule has 1 N–H and O–H groups in total. The Hall–Kier alpha value is -2.85. The zero-order valence-electron chi connectivity index (χ0n) is 12.8. The van der Waals surface area contributed by atoms with Gasteiger partial charge in [0.15, 0.2) is 0 Å². The topological polar surface area (TPSA) is 55.1 Å². The fourth-order valence-electron chi connectivity index (χ4n) is 2.42. The third-order valence-corrected chi connectivity index (χ3v) is 3.90. The molecule has 4 nitrogen and oxygen atoms in total. The van der Waals surface area contributed by atoms with Crippen LogP contribution in [0.2, 0.25) is 5.02 Å². The molecule has 0 aliphatic rings. The molecule has 3 aromatic rings. The number of hydrogen-bond acceptors (Lipinski definition) is 2. The highest BCUT2D eigenvalue weighted by atomic mass is 35.5. The Kier molecular flexibility index (Phi) is 4.77. The maximum atomic E-state index is 10.8. The third-order valence-electron chi connectivity index (χ3n) is 3.53. The molecule has 3 rings (SSSR count). The number of benzene rings is 2. The molecule has 5 heteroatoms. The van der Waals surface area contributed by atoms with Crippen LogP contribution in [-0.2, 0) is 11.3 Å². The molecule has 0 aliphatic carbocycles. The lowest BCUT2D eigenvalue weighted by Gasteiger charge is -2.04. The van der Waals surface area contributed by atoms with E-state index < -0.39 is 5.97 Å². The minimum Gasteiger partial charge on any atom is -0.478 e. The maximum absolute atomic E-state index is 10.8. The number of nitrogens with zero attached hydrogens (tertiary/aromatic N) is 2. The van der Waals surface area contributed by atoms with E-state index in [0.29, 0.717) is 11.6 Å². The second-order valence-electron chi connectivity index (χ2n) is 5.26. The number of halogens is 1. The molecule has 24 heavy (non-hydrogen) atoms. The van der Waals surface area contributed by atoms with Crippen molar-refractivity contribution in [3.63, 3.8) is 0 Å². The van der Waals surface area contributed by atoms with Gasteiger partial charge < -0.3 is 5.11 Å². The van der Waals surface area contributed by atoms with Crippen LogP contribution in [0.1, 0.15) is 11.1 Å². The van der Waals surface area contributed by atoms with Gasteiger partial charge in [-0.2, -0.15) is 5.10 Å². The van der Waals surface area contributed by atoms with Gasteiger partial charge >= 0.3 is 5.97 Å². The van der Waals surface area contributed by atoms with Gasteiger partial charge in [-0.15, -0.1) is 0 Å². The van der Waals surface area contributed by atoms with Crippen LogP contribution in [-0.4, -0.2) is 20.9 Å². The van der Waals surface area contributed by atoms with Gasteiger partial charge in [0.1, 0.15) is 0 Å². The van der Waals surface area contributed by atoms with Gasteiger partial charge in [-0.3, -0.25) is 4.68 Å². The molecule has 0 radical (unpaired) electrons. The van der Waals surface area contributed by atoms with Gasteiger partial charge in [0.2, 0.25) is 0 Å². The van der Waals surface area contributed by atoms with Gasteiger partial charge in [-0.25, -0.2) is 4.79 Å². The Balaban J connectivity index is 2.00. The van der Waals surface area contributed by atoms with Crippen molar-refractivity contribution >= 4 is 23.6 Å². The smallest absolute Gasteiger partial charge is 0.328 e. The summed E-state index contributed by atoms with van der Waals surface area (Å²) >= 11 is 6.21. The van der Waals surface area contributed by atoms with Crippen molar-refractivity contribution in [1.29, 1.82) is 0 Å². The van der Waals surface area contributed by atoms with Crippen molar-refractivity contribution in [2.24, 2.45) is 0 Å². The normalized spacial score (nSPS) is 11.0. The predicted molar refractivity (Wildman–Crippen MR) is 94.9 cm³/mol. The molecule has 1 aromatic heterocycles. The quantitative estimate of drug-likeness (QED) is 0.704. The van der Waals surface area contributed by atoms with Crippen LogP contribution in [0.25, 0.3) is 17.3 Å². The molecule has 120 valence electrons. The Morgan fingerprint density at radius 1 is 1.12 bits per heavy atom. The third kappa shape index (κ3) is 3.73. The van der Waals surface area contributed by atoms with Crippen LogP contribution in [0.3, 0.4) is 0 Å². The molecule has 0 aliphatic heterocycles. The lowest BCUT2D eigenvalue weighted by atomic mass is 10.1.